The number of rotatable bonds is 3. The molecule has 0 saturated carbocycles. The number of nitrogens with one attached hydrogen (secondary N) is 1. The summed E-state index contributed by atoms with van der Waals surface area (Å²) in [7, 11) is 1.43. The highest BCUT2D eigenvalue weighted by Crippen LogP contribution is 2.40. The number of hydrogen-bond donors (Lipinski definition) is 1. The van der Waals surface area contributed by atoms with Crippen molar-refractivity contribution in [2.45, 2.75) is 38.1 Å². The van der Waals surface area contributed by atoms with E-state index in [1.165, 1.54) is 24.0 Å². The van der Waals surface area contributed by atoms with Crippen LogP contribution in [0.4, 0.5) is 10.6 Å². The zero-order valence-electron chi connectivity index (χ0n) is 16.4. The van der Waals surface area contributed by atoms with Gasteiger partial charge in [0, 0.05) is 42.0 Å². The number of aromatic nitrogens is 3. The molecule has 5 rings (SSSR count). The lowest BCUT2D eigenvalue weighted by atomic mass is 10.1. The number of pyridine rings is 1. The van der Waals surface area contributed by atoms with E-state index in [9.17, 15) is 4.79 Å². The zero-order valence-corrected chi connectivity index (χ0v) is 17.2. The second kappa shape index (κ2) is 7.59. The molecule has 1 unspecified atom stereocenters. The van der Waals surface area contributed by atoms with Crippen molar-refractivity contribution in [1.29, 1.82) is 0 Å². The molecule has 3 aromatic rings. The van der Waals surface area contributed by atoms with Crippen LogP contribution in [0, 0.1) is 0 Å². The predicted molar refractivity (Wildman–Crippen MR) is 113 cm³/mol. The number of thiophene rings is 1. The molecule has 1 aliphatic heterocycles. The van der Waals surface area contributed by atoms with Gasteiger partial charge in [-0.25, -0.2) is 14.8 Å². The van der Waals surface area contributed by atoms with Gasteiger partial charge in [-0.15, -0.1) is 11.3 Å². The topological polar surface area (TPSA) is 80.2 Å². The maximum Gasteiger partial charge on any atom is 0.409 e. The number of amides is 1. The number of carbonyl (C=O) groups excluding carboxylic acids is 1. The lowest BCUT2D eigenvalue weighted by Crippen LogP contribution is -2.45. The molecule has 0 aromatic carbocycles. The van der Waals surface area contributed by atoms with E-state index in [1.54, 1.807) is 28.6 Å². The summed E-state index contributed by atoms with van der Waals surface area (Å²) in [6, 6.07) is 4.03. The van der Waals surface area contributed by atoms with Crippen molar-refractivity contribution in [3.8, 4) is 11.4 Å². The van der Waals surface area contributed by atoms with E-state index in [2.05, 4.69) is 10.3 Å². The Bertz CT molecular complexity index is 1050. The molecule has 0 spiro atoms. The fourth-order valence-corrected chi connectivity index (χ4v) is 5.57. The molecule has 2 aliphatic rings. The second-order valence-corrected chi connectivity index (χ2v) is 8.66. The number of hydrogen-bond acceptors (Lipinski definition) is 7. The number of piperidine rings is 1. The highest BCUT2D eigenvalue weighted by molar-refractivity contribution is 7.19. The molecule has 1 saturated heterocycles. The van der Waals surface area contributed by atoms with Gasteiger partial charge in [0.2, 0.25) is 0 Å². The maximum atomic E-state index is 12.0. The lowest BCUT2D eigenvalue weighted by Gasteiger charge is -2.32. The van der Waals surface area contributed by atoms with Crippen LogP contribution in [0.2, 0.25) is 0 Å². The third-order valence-corrected chi connectivity index (χ3v) is 6.87. The van der Waals surface area contributed by atoms with Gasteiger partial charge in [-0.05, 0) is 49.8 Å². The Balaban J connectivity index is 1.54. The number of nitrogens with zero attached hydrogens (tertiary/aromatic N) is 4. The van der Waals surface area contributed by atoms with Gasteiger partial charge in [-0.3, -0.25) is 4.98 Å². The average molecular weight is 410 g/mol. The van der Waals surface area contributed by atoms with Crippen LogP contribution in [0.3, 0.4) is 0 Å². The van der Waals surface area contributed by atoms with Crippen molar-refractivity contribution < 1.29 is 9.53 Å². The number of aryl methyl sites for hydroxylation is 2. The van der Waals surface area contributed by atoms with Crippen molar-refractivity contribution in [3.63, 3.8) is 0 Å². The smallest absolute Gasteiger partial charge is 0.409 e. The standard InChI is InChI=1S/C21H23N5O2S/c1-28-21(27)26-10-4-6-14(12-26)23-19-17-15-7-2-8-16(15)29-20(17)25-18(24-19)13-5-3-9-22-11-13/h3,5,9,11,14H,2,4,6-8,10,12H2,1H3,(H,23,24,25). The van der Waals surface area contributed by atoms with Crippen LogP contribution in [0.5, 0.6) is 0 Å². The van der Waals surface area contributed by atoms with Crippen molar-refractivity contribution in [2.24, 2.45) is 0 Å². The third-order valence-electron chi connectivity index (χ3n) is 5.68. The van der Waals surface area contributed by atoms with Gasteiger partial charge in [-0.1, -0.05) is 0 Å². The SMILES string of the molecule is COC(=O)N1CCCC(Nc2nc(-c3cccnc3)nc3sc4c(c23)CCC4)C1. The van der Waals surface area contributed by atoms with Crippen LogP contribution in [0.1, 0.15) is 29.7 Å². The van der Waals surface area contributed by atoms with Gasteiger partial charge in [0.05, 0.1) is 12.5 Å². The summed E-state index contributed by atoms with van der Waals surface area (Å²) in [5.74, 6) is 1.57. The molecule has 0 radical (unpaired) electrons. The summed E-state index contributed by atoms with van der Waals surface area (Å²) < 4.78 is 4.91. The molecule has 1 aliphatic carbocycles. The van der Waals surface area contributed by atoms with Gasteiger partial charge in [0.25, 0.3) is 0 Å². The van der Waals surface area contributed by atoms with Crippen LogP contribution in [0.15, 0.2) is 24.5 Å². The Morgan fingerprint density at radius 3 is 3.07 bits per heavy atom. The van der Waals surface area contributed by atoms with Gasteiger partial charge in [0.15, 0.2) is 5.82 Å². The molecule has 1 fully saturated rings. The van der Waals surface area contributed by atoms with Crippen molar-refractivity contribution in [1.82, 2.24) is 19.9 Å². The second-order valence-electron chi connectivity index (χ2n) is 7.57. The molecule has 8 heteroatoms. The number of ether oxygens (including phenoxy) is 1. The largest absolute Gasteiger partial charge is 0.453 e. The van der Waals surface area contributed by atoms with E-state index >= 15 is 0 Å². The van der Waals surface area contributed by atoms with E-state index in [0.717, 1.165) is 53.8 Å². The van der Waals surface area contributed by atoms with E-state index in [0.29, 0.717) is 12.4 Å². The summed E-state index contributed by atoms with van der Waals surface area (Å²) in [5.41, 5.74) is 2.30. The monoisotopic (exact) mass is 409 g/mol. The molecule has 1 amide bonds. The van der Waals surface area contributed by atoms with Gasteiger partial charge in [-0.2, -0.15) is 0 Å². The molecular formula is C21H23N5O2S. The summed E-state index contributed by atoms with van der Waals surface area (Å²) in [4.78, 5) is 30.2. The summed E-state index contributed by atoms with van der Waals surface area (Å²) in [6.45, 7) is 1.35. The van der Waals surface area contributed by atoms with Crippen LogP contribution in [0.25, 0.3) is 21.6 Å². The van der Waals surface area contributed by atoms with Crippen LogP contribution in [-0.2, 0) is 17.6 Å². The predicted octanol–water partition coefficient (Wildman–Crippen LogP) is 3.88. The van der Waals surface area contributed by atoms with Crippen molar-refractivity contribution in [3.05, 3.63) is 35.0 Å². The number of anilines is 1. The summed E-state index contributed by atoms with van der Waals surface area (Å²) in [6.07, 6.45) is 8.62. The number of methoxy groups -OCH3 is 1. The Morgan fingerprint density at radius 2 is 2.24 bits per heavy atom. The highest BCUT2D eigenvalue weighted by atomic mass is 32.1. The first-order valence-corrected chi connectivity index (χ1v) is 10.9. The van der Waals surface area contributed by atoms with Crippen LogP contribution < -0.4 is 5.32 Å². The Hall–Kier alpha value is -2.74. The first-order valence-electron chi connectivity index (χ1n) is 10.0. The zero-order chi connectivity index (χ0) is 19.8. The normalized spacial score (nSPS) is 18.7. The van der Waals surface area contributed by atoms with Crippen LogP contribution >= 0.6 is 11.3 Å². The minimum absolute atomic E-state index is 0.139. The van der Waals surface area contributed by atoms with E-state index in [-0.39, 0.29) is 12.1 Å². The first-order chi connectivity index (χ1) is 14.2. The van der Waals surface area contributed by atoms with Crippen molar-refractivity contribution in [2.75, 3.05) is 25.5 Å². The molecule has 1 atom stereocenters. The Kier molecular flexibility index (Phi) is 4.79. The summed E-state index contributed by atoms with van der Waals surface area (Å²) >= 11 is 1.78. The van der Waals surface area contributed by atoms with E-state index in [1.807, 2.05) is 12.1 Å². The van der Waals surface area contributed by atoms with Gasteiger partial charge in [0.1, 0.15) is 10.6 Å². The number of carbonyl (C=O) groups is 1. The molecule has 4 heterocycles. The van der Waals surface area contributed by atoms with Gasteiger partial charge >= 0.3 is 6.09 Å². The summed E-state index contributed by atoms with van der Waals surface area (Å²) in [5, 5.41) is 4.80. The molecule has 7 nitrogen and oxygen atoms in total. The van der Waals surface area contributed by atoms with E-state index in [4.69, 9.17) is 14.7 Å². The fraction of sp³-hybridized carbons (Fsp3) is 0.429. The quantitative estimate of drug-likeness (QED) is 0.707. The third kappa shape index (κ3) is 3.42. The molecule has 29 heavy (non-hydrogen) atoms. The first kappa shape index (κ1) is 18.3. The number of likely N-dealkylation sites (tertiary alicyclic amines) is 1. The molecule has 1 N–H and O–H groups in total. The number of fused-ring (bicyclic) bond motifs is 3. The van der Waals surface area contributed by atoms with Crippen LogP contribution in [-0.4, -0.2) is 52.2 Å². The molecule has 3 aromatic heterocycles. The Labute approximate surface area is 173 Å². The lowest BCUT2D eigenvalue weighted by molar-refractivity contribution is 0.113. The van der Waals surface area contributed by atoms with Gasteiger partial charge < -0.3 is 15.0 Å². The molecular weight excluding hydrogens is 386 g/mol. The maximum absolute atomic E-state index is 12.0. The minimum Gasteiger partial charge on any atom is -0.453 e. The van der Waals surface area contributed by atoms with E-state index < -0.39 is 0 Å². The average Bonchev–Trinajstić information content (AvgIpc) is 3.35. The van der Waals surface area contributed by atoms with Crippen molar-refractivity contribution >= 4 is 33.5 Å². The highest BCUT2D eigenvalue weighted by Gasteiger charge is 2.27. The minimum atomic E-state index is -0.267. The fourth-order valence-electron chi connectivity index (χ4n) is 4.31. The Morgan fingerprint density at radius 1 is 1.31 bits per heavy atom. The molecule has 150 valence electrons. The molecule has 0 bridgehead atoms.